The molecule has 18 heavy (non-hydrogen) atoms. The summed E-state index contributed by atoms with van der Waals surface area (Å²) in [4.78, 5) is 11.3. The summed E-state index contributed by atoms with van der Waals surface area (Å²) >= 11 is 6.16. The fourth-order valence-electron chi connectivity index (χ4n) is 2.41. The second-order valence-corrected chi connectivity index (χ2v) is 5.21. The van der Waals surface area contributed by atoms with E-state index in [-0.39, 0.29) is 12.0 Å². The van der Waals surface area contributed by atoms with Crippen LogP contribution in [-0.4, -0.2) is 25.2 Å². The third kappa shape index (κ3) is 2.85. The maximum Gasteiger partial charge on any atom is 0.322 e. The number of rotatable bonds is 4. The van der Waals surface area contributed by atoms with Gasteiger partial charge in [0.25, 0.3) is 0 Å². The summed E-state index contributed by atoms with van der Waals surface area (Å²) in [6.07, 6.45) is 2.04. The molecule has 1 aliphatic carbocycles. The lowest BCUT2D eigenvalue weighted by Crippen LogP contribution is -2.47. The number of carbonyl (C=O) groups excluding carboxylic acids is 1. The first-order chi connectivity index (χ1) is 8.61. The second kappa shape index (κ2) is 5.72. The third-order valence-electron chi connectivity index (χ3n) is 3.52. The van der Waals surface area contributed by atoms with E-state index in [9.17, 15) is 4.79 Å². The lowest BCUT2D eigenvalue weighted by atomic mass is 9.75. The number of benzene rings is 1. The SMILES string of the molecule is COC(=O)[C@H](C)NC1CC(c2ccccc2Cl)C1. The Morgan fingerprint density at radius 1 is 1.44 bits per heavy atom. The summed E-state index contributed by atoms with van der Waals surface area (Å²) in [6.45, 7) is 1.83. The molecule has 2 rings (SSSR count). The van der Waals surface area contributed by atoms with Gasteiger partial charge in [0.15, 0.2) is 0 Å². The van der Waals surface area contributed by atoms with E-state index in [1.54, 1.807) is 0 Å². The largest absolute Gasteiger partial charge is 0.468 e. The Balaban J connectivity index is 1.84. The number of carbonyl (C=O) groups is 1. The van der Waals surface area contributed by atoms with Gasteiger partial charge in [0.1, 0.15) is 6.04 Å². The first-order valence-electron chi connectivity index (χ1n) is 6.20. The molecule has 3 nitrogen and oxygen atoms in total. The molecule has 4 heteroatoms. The molecular weight excluding hydrogens is 250 g/mol. The molecule has 1 aliphatic rings. The van der Waals surface area contributed by atoms with Crippen LogP contribution in [0.25, 0.3) is 0 Å². The van der Waals surface area contributed by atoms with Crippen LogP contribution in [-0.2, 0) is 9.53 Å². The molecule has 98 valence electrons. The Morgan fingerprint density at radius 2 is 2.11 bits per heavy atom. The predicted molar refractivity (Wildman–Crippen MR) is 71.8 cm³/mol. The zero-order valence-electron chi connectivity index (χ0n) is 10.7. The second-order valence-electron chi connectivity index (χ2n) is 4.80. The lowest BCUT2D eigenvalue weighted by Gasteiger charge is -2.38. The quantitative estimate of drug-likeness (QED) is 0.853. The topological polar surface area (TPSA) is 38.3 Å². The molecule has 0 bridgehead atoms. The first-order valence-corrected chi connectivity index (χ1v) is 6.58. The fourth-order valence-corrected chi connectivity index (χ4v) is 2.70. The highest BCUT2D eigenvalue weighted by atomic mass is 35.5. The monoisotopic (exact) mass is 267 g/mol. The van der Waals surface area contributed by atoms with Gasteiger partial charge in [-0.25, -0.2) is 0 Å². The van der Waals surface area contributed by atoms with E-state index in [1.165, 1.54) is 12.7 Å². The highest BCUT2D eigenvalue weighted by Crippen LogP contribution is 2.39. The zero-order chi connectivity index (χ0) is 13.1. The van der Waals surface area contributed by atoms with E-state index in [4.69, 9.17) is 11.6 Å². The molecule has 1 N–H and O–H groups in total. The zero-order valence-corrected chi connectivity index (χ0v) is 11.4. The number of esters is 1. The smallest absolute Gasteiger partial charge is 0.322 e. The summed E-state index contributed by atoms with van der Waals surface area (Å²) < 4.78 is 4.69. The molecule has 1 aromatic rings. The molecule has 0 spiro atoms. The van der Waals surface area contributed by atoms with Crippen molar-refractivity contribution >= 4 is 17.6 Å². The summed E-state index contributed by atoms with van der Waals surface area (Å²) in [5.74, 6) is 0.289. The minimum Gasteiger partial charge on any atom is -0.468 e. The Labute approximate surface area is 112 Å². The van der Waals surface area contributed by atoms with Gasteiger partial charge >= 0.3 is 5.97 Å². The highest BCUT2D eigenvalue weighted by molar-refractivity contribution is 6.31. The van der Waals surface area contributed by atoms with Crippen LogP contribution in [0.5, 0.6) is 0 Å². The average molecular weight is 268 g/mol. The predicted octanol–water partition coefficient (Wildman–Crippen LogP) is 2.74. The van der Waals surface area contributed by atoms with Crippen LogP contribution in [0.2, 0.25) is 5.02 Å². The van der Waals surface area contributed by atoms with Crippen LogP contribution in [0.15, 0.2) is 24.3 Å². The lowest BCUT2D eigenvalue weighted by molar-refractivity contribution is -0.143. The normalized spacial score (nSPS) is 24.2. The molecule has 0 unspecified atom stereocenters. The molecule has 0 aliphatic heterocycles. The number of methoxy groups -OCH3 is 1. The number of halogens is 1. The molecule has 0 amide bonds. The number of hydrogen-bond acceptors (Lipinski definition) is 3. The summed E-state index contributed by atoms with van der Waals surface area (Å²) in [6, 6.07) is 8.09. The van der Waals surface area contributed by atoms with E-state index in [2.05, 4.69) is 16.1 Å². The van der Waals surface area contributed by atoms with Crippen molar-refractivity contribution < 1.29 is 9.53 Å². The molecule has 0 aromatic heterocycles. The average Bonchev–Trinajstić information content (AvgIpc) is 2.33. The molecule has 0 heterocycles. The fraction of sp³-hybridized carbons (Fsp3) is 0.500. The van der Waals surface area contributed by atoms with Crippen molar-refractivity contribution in [2.45, 2.75) is 37.8 Å². The van der Waals surface area contributed by atoms with Crippen LogP contribution in [0.1, 0.15) is 31.2 Å². The maximum absolute atomic E-state index is 11.3. The summed E-state index contributed by atoms with van der Waals surface area (Å²) in [7, 11) is 1.41. The van der Waals surface area contributed by atoms with Crippen molar-refractivity contribution in [3.63, 3.8) is 0 Å². The van der Waals surface area contributed by atoms with Crippen LogP contribution in [0.3, 0.4) is 0 Å². The Morgan fingerprint density at radius 3 is 2.72 bits per heavy atom. The van der Waals surface area contributed by atoms with Crippen LogP contribution >= 0.6 is 11.6 Å². The van der Waals surface area contributed by atoms with E-state index in [0.717, 1.165) is 17.9 Å². The Bertz CT molecular complexity index is 430. The van der Waals surface area contributed by atoms with Crippen molar-refractivity contribution in [2.75, 3.05) is 7.11 Å². The summed E-state index contributed by atoms with van der Waals surface area (Å²) in [5.41, 5.74) is 1.21. The van der Waals surface area contributed by atoms with E-state index < -0.39 is 0 Å². The van der Waals surface area contributed by atoms with Crippen molar-refractivity contribution in [3.05, 3.63) is 34.9 Å². The maximum atomic E-state index is 11.3. The van der Waals surface area contributed by atoms with E-state index >= 15 is 0 Å². The Hall–Kier alpha value is -1.06. The van der Waals surface area contributed by atoms with Crippen molar-refractivity contribution in [1.29, 1.82) is 0 Å². The van der Waals surface area contributed by atoms with Crippen molar-refractivity contribution in [3.8, 4) is 0 Å². The molecular formula is C14H18ClNO2. The van der Waals surface area contributed by atoms with Crippen molar-refractivity contribution in [1.82, 2.24) is 5.32 Å². The van der Waals surface area contributed by atoms with E-state index in [1.807, 2.05) is 25.1 Å². The highest BCUT2D eigenvalue weighted by Gasteiger charge is 2.33. The minimum absolute atomic E-state index is 0.212. The van der Waals surface area contributed by atoms with Gasteiger partial charge < -0.3 is 10.1 Å². The molecule has 1 saturated carbocycles. The molecule has 1 fully saturated rings. The van der Waals surface area contributed by atoms with Crippen LogP contribution < -0.4 is 5.32 Å². The van der Waals surface area contributed by atoms with Crippen LogP contribution in [0, 0.1) is 0 Å². The molecule has 0 radical (unpaired) electrons. The van der Waals surface area contributed by atoms with Gasteiger partial charge in [0.2, 0.25) is 0 Å². The number of hydrogen-bond donors (Lipinski definition) is 1. The van der Waals surface area contributed by atoms with Gasteiger partial charge in [-0.05, 0) is 37.3 Å². The molecule has 1 aromatic carbocycles. The molecule has 0 saturated heterocycles. The van der Waals surface area contributed by atoms with Gasteiger partial charge in [-0.2, -0.15) is 0 Å². The van der Waals surface area contributed by atoms with Gasteiger partial charge in [0, 0.05) is 11.1 Å². The Kier molecular flexibility index (Phi) is 4.25. The van der Waals surface area contributed by atoms with E-state index in [0.29, 0.717) is 12.0 Å². The van der Waals surface area contributed by atoms with Gasteiger partial charge in [-0.3, -0.25) is 4.79 Å². The number of nitrogens with one attached hydrogen (secondary N) is 1. The standard InChI is InChI=1S/C14H18ClNO2/c1-9(14(17)18-2)16-11-7-10(8-11)12-5-3-4-6-13(12)15/h3-6,9-11,16H,7-8H2,1-2H3/t9-,10?,11?/m0/s1. The minimum atomic E-state index is -0.243. The van der Waals surface area contributed by atoms with Gasteiger partial charge in [-0.1, -0.05) is 29.8 Å². The van der Waals surface area contributed by atoms with Gasteiger partial charge in [-0.15, -0.1) is 0 Å². The van der Waals surface area contributed by atoms with Gasteiger partial charge in [0.05, 0.1) is 7.11 Å². The molecule has 1 atom stereocenters. The van der Waals surface area contributed by atoms with Crippen LogP contribution in [0.4, 0.5) is 0 Å². The summed E-state index contributed by atoms with van der Waals surface area (Å²) in [5, 5.41) is 4.10. The third-order valence-corrected chi connectivity index (χ3v) is 3.87. The van der Waals surface area contributed by atoms with Crippen molar-refractivity contribution in [2.24, 2.45) is 0 Å². The first kappa shape index (κ1) is 13.4. The number of ether oxygens (including phenoxy) is 1.